The van der Waals surface area contributed by atoms with Gasteiger partial charge >= 0.3 is 0 Å². The van der Waals surface area contributed by atoms with Gasteiger partial charge in [0.05, 0.1) is 0 Å². The topological polar surface area (TPSA) is 17.1 Å². The fourth-order valence-electron chi connectivity index (χ4n) is 0.966. The first-order valence-electron chi connectivity index (χ1n) is 4.03. The Labute approximate surface area is 83.0 Å². The van der Waals surface area contributed by atoms with Crippen LogP contribution in [0.1, 0.15) is 12.5 Å². The second kappa shape index (κ2) is 4.24. The molecule has 0 bridgehead atoms. The van der Waals surface area contributed by atoms with Crippen LogP contribution in [0.5, 0.6) is 0 Å². The van der Waals surface area contributed by atoms with E-state index in [0.717, 1.165) is 5.56 Å². The highest BCUT2D eigenvalue weighted by molar-refractivity contribution is 6.31. The van der Waals surface area contributed by atoms with Gasteiger partial charge in [0.25, 0.3) is 0 Å². The van der Waals surface area contributed by atoms with E-state index >= 15 is 0 Å². The first kappa shape index (κ1) is 10.0. The molecule has 0 aliphatic rings. The fraction of sp³-hybridized carbons (Fsp3) is 0.182. The molecule has 68 valence electrons. The summed E-state index contributed by atoms with van der Waals surface area (Å²) in [7, 11) is 0. The Morgan fingerprint density at radius 3 is 2.62 bits per heavy atom. The molecule has 0 aromatic heterocycles. The third-order valence-electron chi connectivity index (χ3n) is 1.78. The molecule has 13 heavy (non-hydrogen) atoms. The zero-order valence-electron chi connectivity index (χ0n) is 7.51. The molecule has 0 heterocycles. The molecule has 1 aromatic rings. The van der Waals surface area contributed by atoms with Gasteiger partial charge in [-0.3, -0.25) is 4.79 Å². The lowest BCUT2D eigenvalue weighted by Gasteiger charge is -2.02. The highest BCUT2D eigenvalue weighted by Gasteiger charge is 2.06. The van der Waals surface area contributed by atoms with E-state index in [1.807, 2.05) is 18.2 Å². The molecule has 0 amide bonds. The quantitative estimate of drug-likeness (QED) is 0.676. The Morgan fingerprint density at radius 2 is 2.08 bits per heavy atom. The van der Waals surface area contributed by atoms with E-state index in [-0.39, 0.29) is 5.78 Å². The van der Waals surface area contributed by atoms with Crippen molar-refractivity contribution in [2.75, 3.05) is 0 Å². The van der Waals surface area contributed by atoms with Gasteiger partial charge in [-0.2, -0.15) is 0 Å². The van der Waals surface area contributed by atoms with E-state index in [9.17, 15) is 4.79 Å². The van der Waals surface area contributed by atoms with Crippen molar-refractivity contribution in [1.29, 1.82) is 0 Å². The molecule has 2 heteroatoms. The maximum atomic E-state index is 11.3. The molecule has 0 fully saturated rings. The number of allylic oxidation sites excluding steroid dienone is 1. The molecule has 0 aliphatic heterocycles. The first-order chi connectivity index (χ1) is 6.11. The summed E-state index contributed by atoms with van der Waals surface area (Å²) in [5.74, 6) is 0.0353. The normalized spacial score (nSPS) is 9.69. The molecule has 0 N–H and O–H groups in total. The molecule has 0 radical (unpaired) electrons. The van der Waals surface area contributed by atoms with Crippen LogP contribution in [0, 0.1) is 0 Å². The fourth-order valence-corrected chi connectivity index (χ4v) is 1.17. The number of ketones is 1. The standard InChI is InChI=1S/C11H11ClO/c1-8(2)11(13)7-9-5-3-4-6-10(9)12/h3-6H,1,7H2,2H3. The van der Waals surface area contributed by atoms with E-state index in [0.29, 0.717) is 17.0 Å². The SMILES string of the molecule is C=C(C)C(=O)Cc1ccccc1Cl. The zero-order chi connectivity index (χ0) is 9.84. The van der Waals surface area contributed by atoms with Crippen molar-refractivity contribution in [1.82, 2.24) is 0 Å². The second-order valence-corrected chi connectivity index (χ2v) is 3.38. The predicted octanol–water partition coefficient (Wildman–Crippen LogP) is 3.03. The van der Waals surface area contributed by atoms with E-state index in [1.54, 1.807) is 13.0 Å². The number of carbonyl (C=O) groups is 1. The molecule has 0 atom stereocenters. The third kappa shape index (κ3) is 2.71. The van der Waals surface area contributed by atoms with Gasteiger partial charge in [-0.05, 0) is 24.1 Å². The third-order valence-corrected chi connectivity index (χ3v) is 2.15. The lowest BCUT2D eigenvalue weighted by atomic mass is 10.1. The van der Waals surface area contributed by atoms with Crippen LogP contribution in [-0.4, -0.2) is 5.78 Å². The van der Waals surface area contributed by atoms with Gasteiger partial charge < -0.3 is 0 Å². The van der Waals surface area contributed by atoms with E-state index in [1.165, 1.54) is 0 Å². The number of hydrogen-bond acceptors (Lipinski definition) is 1. The van der Waals surface area contributed by atoms with Crippen LogP contribution in [0.25, 0.3) is 0 Å². The molecule has 0 spiro atoms. The number of hydrogen-bond donors (Lipinski definition) is 0. The van der Waals surface area contributed by atoms with Crippen molar-refractivity contribution in [2.45, 2.75) is 13.3 Å². The van der Waals surface area contributed by atoms with Crippen molar-refractivity contribution in [3.8, 4) is 0 Å². The minimum atomic E-state index is 0.0353. The number of carbonyl (C=O) groups excluding carboxylic acids is 1. The predicted molar refractivity (Wildman–Crippen MR) is 55.0 cm³/mol. The van der Waals surface area contributed by atoms with Crippen molar-refractivity contribution in [2.24, 2.45) is 0 Å². The Kier molecular flexibility index (Phi) is 3.26. The summed E-state index contributed by atoms with van der Waals surface area (Å²) in [5.41, 5.74) is 1.43. The van der Waals surface area contributed by atoms with Gasteiger partial charge in [-0.15, -0.1) is 0 Å². The van der Waals surface area contributed by atoms with Gasteiger partial charge in [-0.25, -0.2) is 0 Å². The van der Waals surface area contributed by atoms with Gasteiger partial charge in [0, 0.05) is 11.4 Å². The van der Waals surface area contributed by atoms with Crippen LogP contribution in [0.2, 0.25) is 5.02 Å². The number of Topliss-reactive ketones (excluding diaryl/α,β-unsaturated/α-hetero) is 1. The van der Waals surface area contributed by atoms with Crippen molar-refractivity contribution >= 4 is 17.4 Å². The number of benzene rings is 1. The summed E-state index contributed by atoms with van der Waals surface area (Å²) in [6, 6.07) is 7.34. The monoisotopic (exact) mass is 194 g/mol. The molecule has 0 aliphatic carbocycles. The summed E-state index contributed by atoms with van der Waals surface area (Å²) >= 11 is 5.89. The van der Waals surface area contributed by atoms with Crippen LogP contribution >= 0.6 is 11.6 Å². The Hall–Kier alpha value is -1.08. The summed E-state index contributed by atoms with van der Waals surface area (Å²) < 4.78 is 0. The molecule has 1 aromatic carbocycles. The second-order valence-electron chi connectivity index (χ2n) is 2.97. The summed E-state index contributed by atoms with van der Waals surface area (Å²) in [4.78, 5) is 11.3. The largest absolute Gasteiger partial charge is 0.294 e. The van der Waals surface area contributed by atoms with Crippen molar-refractivity contribution in [3.63, 3.8) is 0 Å². The highest BCUT2D eigenvalue weighted by Crippen LogP contribution is 2.16. The Morgan fingerprint density at radius 1 is 1.46 bits per heavy atom. The smallest absolute Gasteiger partial charge is 0.162 e. The first-order valence-corrected chi connectivity index (χ1v) is 4.41. The van der Waals surface area contributed by atoms with Crippen LogP contribution in [-0.2, 0) is 11.2 Å². The summed E-state index contributed by atoms with van der Waals surface area (Å²) in [5, 5.41) is 0.636. The van der Waals surface area contributed by atoms with Gasteiger partial charge in [0.15, 0.2) is 5.78 Å². The van der Waals surface area contributed by atoms with Crippen LogP contribution in [0.4, 0.5) is 0 Å². The number of halogens is 1. The van der Waals surface area contributed by atoms with Gasteiger partial charge in [0.2, 0.25) is 0 Å². The highest BCUT2D eigenvalue weighted by atomic mass is 35.5. The average Bonchev–Trinajstić information content (AvgIpc) is 2.08. The number of rotatable bonds is 3. The zero-order valence-corrected chi connectivity index (χ0v) is 8.27. The Bertz CT molecular complexity index is 342. The molecular formula is C11H11ClO. The van der Waals surface area contributed by atoms with Crippen LogP contribution < -0.4 is 0 Å². The minimum absolute atomic E-state index is 0.0353. The lowest BCUT2D eigenvalue weighted by molar-refractivity contribution is -0.114. The van der Waals surface area contributed by atoms with Crippen molar-refractivity contribution < 1.29 is 4.79 Å². The molecule has 0 unspecified atom stereocenters. The average molecular weight is 195 g/mol. The molecular weight excluding hydrogens is 184 g/mol. The van der Waals surface area contributed by atoms with E-state index in [2.05, 4.69) is 6.58 Å². The van der Waals surface area contributed by atoms with Crippen LogP contribution in [0.3, 0.4) is 0 Å². The lowest BCUT2D eigenvalue weighted by Crippen LogP contribution is -2.03. The van der Waals surface area contributed by atoms with Crippen LogP contribution in [0.15, 0.2) is 36.4 Å². The minimum Gasteiger partial charge on any atom is -0.294 e. The molecule has 1 rings (SSSR count). The van der Waals surface area contributed by atoms with Crippen molar-refractivity contribution in [3.05, 3.63) is 47.0 Å². The van der Waals surface area contributed by atoms with E-state index < -0.39 is 0 Å². The maximum Gasteiger partial charge on any atom is 0.162 e. The maximum absolute atomic E-state index is 11.3. The molecule has 0 saturated carbocycles. The molecule has 0 saturated heterocycles. The Balaban J connectivity index is 2.81. The molecule has 1 nitrogen and oxygen atoms in total. The van der Waals surface area contributed by atoms with Gasteiger partial charge in [0.1, 0.15) is 0 Å². The van der Waals surface area contributed by atoms with E-state index in [4.69, 9.17) is 11.6 Å². The van der Waals surface area contributed by atoms with Gasteiger partial charge in [-0.1, -0.05) is 36.4 Å². The summed E-state index contributed by atoms with van der Waals surface area (Å²) in [6.07, 6.45) is 0.342. The summed E-state index contributed by atoms with van der Waals surface area (Å²) in [6.45, 7) is 5.30.